The van der Waals surface area contributed by atoms with Crippen molar-refractivity contribution in [2.45, 2.75) is 5.41 Å². The zero-order chi connectivity index (χ0) is 39.1. The molecule has 1 unspecified atom stereocenters. The van der Waals surface area contributed by atoms with Crippen molar-refractivity contribution in [3.63, 3.8) is 0 Å². The van der Waals surface area contributed by atoms with E-state index in [4.69, 9.17) is 19.7 Å². The third-order valence-corrected chi connectivity index (χ3v) is 12.9. The minimum atomic E-state index is -0.673. The number of thiophene rings is 1. The fourth-order valence-electron chi connectivity index (χ4n) is 9.30. The van der Waals surface area contributed by atoms with Gasteiger partial charge in [-0.3, -0.25) is 0 Å². The average molecular weight is 771 g/mol. The van der Waals surface area contributed by atoms with E-state index >= 15 is 0 Å². The van der Waals surface area contributed by atoms with E-state index in [9.17, 15) is 5.26 Å². The molecule has 1 spiro atoms. The maximum Gasteiger partial charge on any atom is 0.164 e. The molecule has 0 bridgehead atoms. The average Bonchev–Trinajstić information content (AvgIpc) is 3.83. The number of ether oxygens (including phenoxy) is 1. The molecule has 8 aromatic carbocycles. The number of nitrogens with zero attached hydrogens (tertiary/aromatic N) is 4. The summed E-state index contributed by atoms with van der Waals surface area (Å²) in [5.74, 6) is 3.35. The highest BCUT2D eigenvalue weighted by atomic mass is 32.1. The van der Waals surface area contributed by atoms with Crippen LogP contribution in [0, 0.1) is 11.3 Å². The maximum atomic E-state index is 9.59. The fraction of sp³-hybridized carbons (Fsp3) is 0.0189. The zero-order valence-corrected chi connectivity index (χ0v) is 32.2. The molecule has 12 rings (SSSR count). The summed E-state index contributed by atoms with van der Waals surface area (Å²) in [7, 11) is 0. The lowest BCUT2D eigenvalue weighted by molar-refractivity contribution is 0.436. The van der Waals surface area contributed by atoms with E-state index in [-0.39, 0.29) is 0 Å². The number of hydrogen-bond acceptors (Lipinski definition) is 6. The zero-order valence-electron chi connectivity index (χ0n) is 31.4. The monoisotopic (exact) mass is 770 g/mol. The largest absolute Gasteiger partial charge is 0.457 e. The molecule has 10 aromatic rings. The van der Waals surface area contributed by atoms with E-state index in [1.165, 1.54) is 42.4 Å². The fourth-order valence-corrected chi connectivity index (χ4v) is 10.4. The van der Waals surface area contributed by atoms with Crippen LogP contribution in [0.2, 0.25) is 0 Å². The molecule has 6 heteroatoms. The standard InChI is InChI=1S/C53H30N4OS/c54-31-32-12-10-15-34(28-32)35-16-11-17-36(29-35)51-55-50(33-13-2-1-3-14-33)56-52(57-51)37-24-26-45-43(30-37)53(41-21-7-8-22-44(41)58-45)40-20-6-4-18-38(40)48-42(53)25-27-47-49(48)39-19-5-9-23-46(39)59-47/h1-30H. The Morgan fingerprint density at radius 2 is 1.10 bits per heavy atom. The first-order valence-electron chi connectivity index (χ1n) is 19.6. The van der Waals surface area contributed by atoms with Crippen LogP contribution in [0.1, 0.15) is 27.8 Å². The maximum absolute atomic E-state index is 9.59. The Labute approximate surface area is 344 Å². The van der Waals surface area contributed by atoms with Gasteiger partial charge in [0.2, 0.25) is 0 Å². The van der Waals surface area contributed by atoms with Gasteiger partial charge in [0.05, 0.1) is 17.0 Å². The van der Waals surface area contributed by atoms with Gasteiger partial charge >= 0.3 is 0 Å². The van der Waals surface area contributed by atoms with Crippen molar-refractivity contribution >= 4 is 31.5 Å². The molecule has 2 aliphatic rings. The van der Waals surface area contributed by atoms with E-state index in [2.05, 4.69) is 115 Å². The Bertz CT molecular complexity index is 3400. The second kappa shape index (κ2) is 12.9. The van der Waals surface area contributed by atoms with Gasteiger partial charge in [-0.25, -0.2) is 15.0 Å². The van der Waals surface area contributed by atoms with Crippen LogP contribution in [-0.2, 0) is 5.41 Å². The van der Waals surface area contributed by atoms with Gasteiger partial charge < -0.3 is 4.74 Å². The van der Waals surface area contributed by atoms with Crippen LogP contribution >= 0.6 is 11.3 Å². The molecule has 5 nitrogen and oxygen atoms in total. The number of nitriles is 1. The van der Waals surface area contributed by atoms with Crippen LogP contribution in [0.5, 0.6) is 11.5 Å². The summed E-state index contributed by atoms with van der Waals surface area (Å²) in [4.78, 5) is 15.5. The summed E-state index contributed by atoms with van der Waals surface area (Å²) >= 11 is 1.85. The quantitative estimate of drug-likeness (QED) is 0.178. The van der Waals surface area contributed by atoms with Crippen molar-refractivity contribution in [1.82, 2.24) is 15.0 Å². The van der Waals surface area contributed by atoms with E-state index in [0.29, 0.717) is 23.0 Å². The van der Waals surface area contributed by atoms with Crippen molar-refractivity contribution in [3.05, 3.63) is 210 Å². The van der Waals surface area contributed by atoms with E-state index < -0.39 is 5.41 Å². The molecule has 59 heavy (non-hydrogen) atoms. The summed E-state index contributed by atoms with van der Waals surface area (Å²) < 4.78 is 9.37. The second-order valence-electron chi connectivity index (χ2n) is 15.0. The van der Waals surface area contributed by atoms with Crippen LogP contribution in [0.3, 0.4) is 0 Å². The van der Waals surface area contributed by atoms with Crippen LogP contribution in [-0.4, -0.2) is 15.0 Å². The molecule has 0 radical (unpaired) electrons. The van der Waals surface area contributed by atoms with Crippen LogP contribution < -0.4 is 4.74 Å². The Morgan fingerprint density at radius 3 is 1.95 bits per heavy atom. The molecule has 0 saturated carbocycles. The number of rotatable bonds is 4. The van der Waals surface area contributed by atoms with Gasteiger partial charge in [0, 0.05) is 48.0 Å². The number of hydrogen-bond donors (Lipinski definition) is 0. The topological polar surface area (TPSA) is 71.7 Å². The molecular formula is C53H30N4OS. The minimum absolute atomic E-state index is 0.560. The van der Waals surface area contributed by atoms with Gasteiger partial charge in [0.15, 0.2) is 17.5 Å². The molecule has 0 fully saturated rings. The van der Waals surface area contributed by atoms with Crippen molar-refractivity contribution in [2.75, 3.05) is 0 Å². The Morgan fingerprint density at radius 1 is 0.458 bits per heavy atom. The number of para-hydroxylation sites is 1. The molecule has 1 atom stereocenters. The molecular weight excluding hydrogens is 741 g/mol. The van der Waals surface area contributed by atoms with Gasteiger partial charge in [-0.05, 0) is 88.0 Å². The Balaban J connectivity index is 1.10. The minimum Gasteiger partial charge on any atom is -0.457 e. The molecule has 0 N–H and O–H groups in total. The summed E-state index contributed by atoms with van der Waals surface area (Å²) in [5.41, 5.74) is 11.6. The smallest absolute Gasteiger partial charge is 0.164 e. The van der Waals surface area contributed by atoms with Gasteiger partial charge in [-0.15, -0.1) is 11.3 Å². The van der Waals surface area contributed by atoms with Crippen LogP contribution in [0.4, 0.5) is 0 Å². The summed E-state index contributed by atoms with van der Waals surface area (Å²) in [6.07, 6.45) is 0. The predicted molar refractivity (Wildman–Crippen MR) is 237 cm³/mol. The first kappa shape index (κ1) is 33.4. The lowest BCUT2D eigenvalue weighted by atomic mass is 9.66. The lowest BCUT2D eigenvalue weighted by Crippen LogP contribution is -2.32. The first-order valence-corrected chi connectivity index (χ1v) is 20.4. The summed E-state index contributed by atoms with van der Waals surface area (Å²) in [6.45, 7) is 0. The third kappa shape index (κ3) is 4.99. The predicted octanol–water partition coefficient (Wildman–Crippen LogP) is 13.2. The highest BCUT2D eigenvalue weighted by molar-refractivity contribution is 7.26. The summed E-state index contributed by atoms with van der Waals surface area (Å²) in [6, 6.07) is 65.3. The molecule has 274 valence electrons. The molecule has 1 aliphatic heterocycles. The van der Waals surface area contributed by atoms with Crippen molar-refractivity contribution < 1.29 is 4.74 Å². The summed E-state index contributed by atoms with van der Waals surface area (Å²) in [5, 5.41) is 12.2. The third-order valence-electron chi connectivity index (χ3n) is 11.8. The van der Waals surface area contributed by atoms with Gasteiger partial charge in [0.1, 0.15) is 11.5 Å². The van der Waals surface area contributed by atoms with E-state index in [0.717, 1.165) is 50.4 Å². The normalized spacial score (nSPS) is 14.6. The highest BCUT2D eigenvalue weighted by Gasteiger charge is 2.51. The Kier molecular flexibility index (Phi) is 7.31. The van der Waals surface area contributed by atoms with Gasteiger partial charge in [-0.1, -0.05) is 127 Å². The first-order chi connectivity index (χ1) is 29.2. The number of benzene rings is 8. The molecule has 0 amide bonds. The molecule has 2 aromatic heterocycles. The SMILES string of the molecule is N#Cc1cccc(-c2cccc(-c3nc(-c4ccccc4)nc(-c4ccc5c(c4)C4(c6ccccc6O5)c5ccccc5-c5c4ccc4sc6ccccc6c54)n3)c2)c1. The van der Waals surface area contributed by atoms with Crippen molar-refractivity contribution in [2.24, 2.45) is 0 Å². The molecule has 0 saturated heterocycles. The molecule has 3 heterocycles. The van der Waals surface area contributed by atoms with E-state index in [1.807, 2.05) is 84.1 Å². The Hall–Kier alpha value is -7.72. The highest BCUT2D eigenvalue weighted by Crippen LogP contribution is 2.64. The number of fused-ring (bicyclic) bond motifs is 13. The van der Waals surface area contributed by atoms with E-state index in [1.54, 1.807) is 0 Å². The lowest BCUT2D eigenvalue weighted by Gasteiger charge is -2.39. The van der Waals surface area contributed by atoms with Crippen LogP contribution in [0.25, 0.3) is 76.6 Å². The van der Waals surface area contributed by atoms with Gasteiger partial charge in [0.25, 0.3) is 0 Å². The van der Waals surface area contributed by atoms with Crippen molar-refractivity contribution in [1.29, 1.82) is 5.26 Å². The van der Waals surface area contributed by atoms with Crippen LogP contribution in [0.15, 0.2) is 182 Å². The van der Waals surface area contributed by atoms with Crippen molar-refractivity contribution in [3.8, 4) is 74.0 Å². The molecule has 1 aliphatic carbocycles. The van der Waals surface area contributed by atoms with Gasteiger partial charge in [-0.2, -0.15) is 5.26 Å². The second-order valence-corrected chi connectivity index (χ2v) is 16.1. The number of aromatic nitrogens is 3.